The minimum atomic E-state index is -4.23. The molecule has 1 aliphatic carbocycles. The van der Waals surface area contributed by atoms with E-state index in [1.807, 2.05) is 6.92 Å². The lowest BCUT2D eigenvalue weighted by Crippen LogP contribution is -2.51. The van der Waals surface area contributed by atoms with Crippen molar-refractivity contribution in [2.45, 2.75) is 50.4 Å². The fourth-order valence-corrected chi connectivity index (χ4v) is 2.49. The van der Waals surface area contributed by atoms with Crippen molar-refractivity contribution >= 4 is 5.91 Å². The van der Waals surface area contributed by atoms with Crippen LogP contribution >= 0.6 is 0 Å². The maximum Gasteiger partial charge on any atom is 0.401 e. The highest BCUT2D eigenvalue weighted by Gasteiger charge is 2.44. The Bertz CT molecular complexity index is 308. The van der Waals surface area contributed by atoms with Crippen LogP contribution in [0.4, 0.5) is 13.2 Å². The van der Waals surface area contributed by atoms with Crippen LogP contribution in [0.1, 0.15) is 32.6 Å². The van der Waals surface area contributed by atoms with Crippen LogP contribution in [0.5, 0.6) is 0 Å². The molecule has 1 aliphatic rings. The minimum absolute atomic E-state index is 0.207. The Balaban J connectivity index is 2.69. The van der Waals surface area contributed by atoms with Gasteiger partial charge in [-0.05, 0) is 32.2 Å². The van der Waals surface area contributed by atoms with Gasteiger partial charge in [-0.25, -0.2) is 0 Å². The maximum atomic E-state index is 12.5. The highest BCUT2D eigenvalue weighted by molar-refractivity contribution is 5.84. The number of amides is 1. The van der Waals surface area contributed by atoms with Crippen molar-refractivity contribution < 1.29 is 18.0 Å². The van der Waals surface area contributed by atoms with Crippen LogP contribution in [0, 0.1) is 0 Å². The van der Waals surface area contributed by atoms with Crippen molar-refractivity contribution in [2.75, 3.05) is 13.1 Å². The van der Waals surface area contributed by atoms with Crippen LogP contribution in [0.3, 0.4) is 0 Å². The SMILES string of the molecule is CCCN(CC(F)(F)F)C1CCC(N)(C(N)=O)C1. The van der Waals surface area contributed by atoms with E-state index >= 15 is 0 Å². The fraction of sp³-hybridized carbons (Fsp3) is 0.909. The average molecular weight is 267 g/mol. The van der Waals surface area contributed by atoms with E-state index in [4.69, 9.17) is 11.5 Å². The predicted octanol–water partition coefficient (Wildman–Crippen LogP) is 0.996. The first-order valence-electron chi connectivity index (χ1n) is 6.07. The zero-order valence-corrected chi connectivity index (χ0v) is 10.5. The normalized spacial score (nSPS) is 28.9. The molecule has 0 aliphatic heterocycles. The minimum Gasteiger partial charge on any atom is -0.368 e. The molecule has 1 saturated carbocycles. The number of rotatable bonds is 5. The zero-order chi connectivity index (χ0) is 14.0. The molecule has 0 aromatic rings. The van der Waals surface area contributed by atoms with Gasteiger partial charge in [-0.15, -0.1) is 0 Å². The summed E-state index contributed by atoms with van der Waals surface area (Å²) in [6, 6.07) is -0.316. The number of primary amides is 1. The average Bonchev–Trinajstić information content (AvgIpc) is 2.60. The standard InChI is InChI=1S/C11H20F3N3O/c1-2-5-17(7-11(12,13)14)8-3-4-10(16,6-8)9(15)18/h8H,2-7,16H2,1H3,(H2,15,18). The molecule has 0 saturated heterocycles. The van der Waals surface area contributed by atoms with Gasteiger partial charge in [-0.3, -0.25) is 9.69 Å². The largest absolute Gasteiger partial charge is 0.401 e. The van der Waals surface area contributed by atoms with Crippen molar-refractivity contribution in [3.05, 3.63) is 0 Å². The van der Waals surface area contributed by atoms with Crippen molar-refractivity contribution in [1.29, 1.82) is 0 Å². The third kappa shape index (κ3) is 3.84. The highest BCUT2D eigenvalue weighted by atomic mass is 19.4. The second-order valence-corrected chi connectivity index (χ2v) is 5.00. The molecule has 0 heterocycles. The van der Waals surface area contributed by atoms with Crippen LogP contribution in [0.25, 0.3) is 0 Å². The van der Waals surface area contributed by atoms with Crippen molar-refractivity contribution in [3.63, 3.8) is 0 Å². The van der Waals surface area contributed by atoms with Crippen LogP contribution in [-0.4, -0.2) is 41.7 Å². The molecule has 18 heavy (non-hydrogen) atoms. The van der Waals surface area contributed by atoms with E-state index in [1.54, 1.807) is 0 Å². The van der Waals surface area contributed by atoms with E-state index in [2.05, 4.69) is 0 Å². The summed E-state index contributed by atoms with van der Waals surface area (Å²) in [6.45, 7) is 1.21. The van der Waals surface area contributed by atoms with Crippen LogP contribution < -0.4 is 11.5 Å². The van der Waals surface area contributed by atoms with Crippen LogP contribution in [0.15, 0.2) is 0 Å². The van der Waals surface area contributed by atoms with Gasteiger partial charge in [0.25, 0.3) is 0 Å². The topological polar surface area (TPSA) is 72.3 Å². The Labute approximate surface area is 104 Å². The Morgan fingerprint density at radius 3 is 2.50 bits per heavy atom. The number of carbonyl (C=O) groups excluding carboxylic acids is 1. The van der Waals surface area contributed by atoms with E-state index in [0.29, 0.717) is 25.8 Å². The van der Waals surface area contributed by atoms with Gasteiger partial charge in [0.05, 0.1) is 12.1 Å². The number of nitrogens with two attached hydrogens (primary N) is 2. The molecule has 2 atom stereocenters. The number of alkyl halides is 3. The first-order valence-corrected chi connectivity index (χ1v) is 6.07. The zero-order valence-electron chi connectivity index (χ0n) is 10.5. The molecule has 0 radical (unpaired) electrons. The molecule has 4 N–H and O–H groups in total. The predicted molar refractivity (Wildman–Crippen MR) is 61.7 cm³/mol. The molecule has 1 amide bonds. The molecule has 106 valence electrons. The van der Waals surface area contributed by atoms with E-state index in [9.17, 15) is 18.0 Å². The Kier molecular flexibility index (Phi) is 4.61. The Morgan fingerprint density at radius 1 is 1.50 bits per heavy atom. The molecular formula is C11H20F3N3O. The molecule has 1 fully saturated rings. The molecule has 2 unspecified atom stereocenters. The lowest BCUT2D eigenvalue weighted by Gasteiger charge is -2.30. The van der Waals surface area contributed by atoms with Crippen molar-refractivity contribution in [1.82, 2.24) is 4.90 Å². The highest BCUT2D eigenvalue weighted by Crippen LogP contribution is 2.32. The number of nitrogens with zero attached hydrogens (tertiary/aromatic N) is 1. The Hall–Kier alpha value is -0.820. The number of hydrogen-bond acceptors (Lipinski definition) is 3. The number of carbonyl (C=O) groups is 1. The van der Waals surface area contributed by atoms with Gasteiger partial charge < -0.3 is 11.5 Å². The summed E-state index contributed by atoms with van der Waals surface area (Å²) in [6.07, 6.45) is -2.57. The summed E-state index contributed by atoms with van der Waals surface area (Å²) in [5.74, 6) is -0.631. The molecule has 7 heteroatoms. The van der Waals surface area contributed by atoms with Crippen molar-refractivity contribution in [3.8, 4) is 0 Å². The lowest BCUT2D eigenvalue weighted by atomic mass is 9.98. The summed E-state index contributed by atoms with van der Waals surface area (Å²) in [5.41, 5.74) is 9.85. The van der Waals surface area contributed by atoms with Gasteiger partial charge in [-0.2, -0.15) is 13.2 Å². The molecule has 1 rings (SSSR count). The smallest absolute Gasteiger partial charge is 0.368 e. The third-order valence-corrected chi connectivity index (χ3v) is 3.42. The second kappa shape index (κ2) is 5.44. The van der Waals surface area contributed by atoms with Gasteiger partial charge in [0.2, 0.25) is 5.91 Å². The molecule has 0 bridgehead atoms. The van der Waals surface area contributed by atoms with E-state index < -0.39 is 24.2 Å². The number of halogens is 3. The third-order valence-electron chi connectivity index (χ3n) is 3.42. The fourth-order valence-electron chi connectivity index (χ4n) is 2.49. The summed E-state index contributed by atoms with van der Waals surface area (Å²) >= 11 is 0. The number of hydrogen-bond donors (Lipinski definition) is 2. The van der Waals surface area contributed by atoms with Gasteiger partial charge >= 0.3 is 6.18 Å². The van der Waals surface area contributed by atoms with E-state index in [1.165, 1.54) is 4.90 Å². The quantitative estimate of drug-likeness (QED) is 0.780. The summed E-state index contributed by atoms with van der Waals surface area (Å²) in [5, 5.41) is 0. The Morgan fingerprint density at radius 2 is 2.11 bits per heavy atom. The summed E-state index contributed by atoms with van der Waals surface area (Å²) in [4.78, 5) is 12.5. The summed E-state index contributed by atoms with van der Waals surface area (Å²) in [7, 11) is 0. The monoisotopic (exact) mass is 267 g/mol. The summed E-state index contributed by atoms with van der Waals surface area (Å²) < 4.78 is 37.4. The van der Waals surface area contributed by atoms with Gasteiger partial charge in [0, 0.05) is 6.04 Å². The van der Waals surface area contributed by atoms with Crippen molar-refractivity contribution in [2.24, 2.45) is 11.5 Å². The molecule has 4 nitrogen and oxygen atoms in total. The first-order chi connectivity index (χ1) is 8.18. The first kappa shape index (κ1) is 15.2. The maximum absolute atomic E-state index is 12.5. The lowest BCUT2D eigenvalue weighted by molar-refractivity contribution is -0.150. The van der Waals surface area contributed by atoms with E-state index in [-0.39, 0.29) is 12.5 Å². The van der Waals surface area contributed by atoms with Crippen LogP contribution in [-0.2, 0) is 4.79 Å². The van der Waals surface area contributed by atoms with Gasteiger partial charge in [0.15, 0.2) is 0 Å². The molecule has 0 spiro atoms. The molecule has 0 aromatic heterocycles. The van der Waals surface area contributed by atoms with E-state index in [0.717, 1.165) is 0 Å². The second-order valence-electron chi connectivity index (χ2n) is 5.00. The van der Waals surface area contributed by atoms with Crippen LogP contribution in [0.2, 0.25) is 0 Å². The molecule has 0 aromatic carbocycles. The molecular weight excluding hydrogens is 247 g/mol. The van der Waals surface area contributed by atoms with Gasteiger partial charge in [0.1, 0.15) is 0 Å². The van der Waals surface area contributed by atoms with Gasteiger partial charge in [-0.1, -0.05) is 6.92 Å².